The van der Waals surface area contributed by atoms with E-state index < -0.39 is 0 Å². The van der Waals surface area contributed by atoms with Crippen molar-refractivity contribution < 1.29 is 9.84 Å². The number of aryl methyl sites for hydroxylation is 1. The number of rotatable bonds is 7. The van der Waals surface area contributed by atoms with E-state index in [0.29, 0.717) is 13.1 Å². The Balaban J connectivity index is 1.41. The van der Waals surface area contributed by atoms with Crippen LogP contribution >= 0.6 is 11.3 Å². The van der Waals surface area contributed by atoms with Gasteiger partial charge in [0.2, 0.25) is 0 Å². The average molecular weight is 347 g/mol. The fraction of sp³-hybridized carbons (Fsp3) is 0.500. The second kappa shape index (κ2) is 8.69. The number of hydrogen-bond donors (Lipinski definition) is 2. The highest BCUT2D eigenvalue weighted by Gasteiger charge is 2.14. The Bertz CT molecular complexity index is 623. The molecule has 0 bridgehead atoms. The van der Waals surface area contributed by atoms with Gasteiger partial charge in [0, 0.05) is 43.7 Å². The van der Waals surface area contributed by atoms with E-state index in [0.717, 1.165) is 49.1 Å². The Morgan fingerprint density at radius 2 is 2.04 bits per heavy atom. The van der Waals surface area contributed by atoms with Crippen LogP contribution in [0.15, 0.2) is 29.6 Å². The lowest BCUT2D eigenvalue weighted by atomic mass is 10.1. The van der Waals surface area contributed by atoms with Gasteiger partial charge in [-0.15, -0.1) is 11.3 Å². The molecule has 1 fully saturated rings. The Hall–Kier alpha value is -1.31. The molecule has 5 nitrogen and oxygen atoms in total. The first-order valence-electron chi connectivity index (χ1n) is 8.41. The molecule has 6 heteroatoms. The number of thiazole rings is 1. The molecule has 0 spiro atoms. The highest BCUT2D eigenvalue weighted by atomic mass is 32.1. The van der Waals surface area contributed by atoms with Gasteiger partial charge in [-0.05, 0) is 12.5 Å². The van der Waals surface area contributed by atoms with Crippen LogP contribution in [0.25, 0.3) is 11.3 Å². The van der Waals surface area contributed by atoms with E-state index in [1.54, 1.807) is 11.3 Å². The van der Waals surface area contributed by atoms with Crippen molar-refractivity contribution >= 4 is 11.3 Å². The molecule has 130 valence electrons. The molecule has 1 aliphatic heterocycles. The second-order valence-corrected chi connectivity index (χ2v) is 7.21. The number of aliphatic hydroxyl groups is 1. The minimum absolute atomic E-state index is 0.347. The van der Waals surface area contributed by atoms with Crippen molar-refractivity contribution in [3.8, 4) is 11.3 Å². The lowest BCUT2D eigenvalue weighted by Crippen LogP contribution is -2.43. The van der Waals surface area contributed by atoms with E-state index in [2.05, 4.69) is 44.8 Å². The van der Waals surface area contributed by atoms with Gasteiger partial charge in [0.05, 0.1) is 30.0 Å². The molecule has 1 atom stereocenters. The van der Waals surface area contributed by atoms with Crippen LogP contribution in [0.1, 0.15) is 10.6 Å². The SMILES string of the molecule is Cc1nc(-c2ccc(CNC[C@@H](O)CN3CCOCC3)cc2)cs1. The van der Waals surface area contributed by atoms with Gasteiger partial charge < -0.3 is 15.2 Å². The first-order valence-corrected chi connectivity index (χ1v) is 9.29. The molecule has 1 aromatic heterocycles. The number of hydrogen-bond acceptors (Lipinski definition) is 6. The number of morpholine rings is 1. The van der Waals surface area contributed by atoms with Crippen molar-refractivity contribution in [1.82, 2.24) is 15.2 Å². The van der Waals surface area contributed by atoms with E-state index in [1.807, 2.05) is 6.92 Å². The lowest BCUT2D eigenvalue weighted by Gasteiger charge is -2.28. The Kier molecular flexibility index (Phi) is 6.34. The third kappa shape index (κ3) is 5.09. The summed E-state index contributed by atoms with van der Waals surface area (Å²) in [4.78, 5) is 6.76. The summed E-state index contributed by atoms with van der Waals surface area (Å²) in [6.07, 6.45) is -0.347. The van der Waals surface area contributed by atoms with Crippen LogP contribution in [0.4, 0.5) is 0 Å². The van der Waals surface area contributed by atoms with Crippen molar-refractivity contribution in [3.63, 3.8) is 0 Å². The smallest absolute Gasteiger partial charge is 0.0901 e. The summed E-state index contributed by atoms with van der Waals surface area (Å²) in [5.41, 5.74) is 3.40. The van der Waals surface area contributed by atoms with Crippen molar-refractivity contribution in [3.05, 3.63) is 40.2 Å². The third-order valence-corrected chi connectivity index (χ3v) is 4.92. The lowest BCUT2D eigenvalue weighted by molar-refractivity contribution is 0.0149. The van der Waals surface area contributed by atoms with Crippen LogP contribution < -0.4 is 5.32 Å². The molecule has 2 heterocycles. The molecule has 1 saturated heterocycles. The van der Waals surface area contributed by atoms with E-state index in [9.17, 15) is 5.11 Å². The van der Waals surface area contributed by atoms with Crippen LogP contribution in [0.2, 0.25) is 0 Å². The second-order valence-electron chi connectivity index (χ2n) is 6.15. The molecular weight excluding hydrogens is 322 g/mol. The monoisotopic (exact) mass is 347 g/mol. The van der Waals surface area contributed by atoms with Crippen LogP contribution in [-0.2, 0) is 11.3 Å². The summed E-state index contributed by atoms with van der Waals surface area (Å²) in [5, 5.41) is 16.6. The van der Waals surface area contributed by atoms with Gasteiger partial charge in [0.15, 0.2) is 0 Å². The van der Waals surface area contributed by atoms with Crippen molar-refractivity contribution in [2.24, 2.45) is 0 Å². The molecule has 1 aliphatic rings. The zero-order chi connectivity index (χ0) is 16.8. The molecule has 2 aromatic rings. The maximum absolute atomic E-state index is 10.1. The van der Waals surface area contributed by atoms with E-state index in [-0.39, 0.29) is 6.10 Å². The van der Waals surface area contributed by atoms with Gasteiger partial charge in [-0.25, -0.2) is 4.98 Å². The topological polar surface area (TPSA) is 57.6 Å². The Labute approximate surface area is 147 Å². The summed E-state index contributed by atoms with van der Waals surface area (Å²) >= 11 is 1.67. The molecule has 24 heavy (non-hydrogen) atoms. The molecule has 0 amide bonds. The number of ether oxygens (including phenoxy) is 1. The number of nitrogens with one attached hydrogen (secondary N) is 1. The van der Waals surface area contributed by atoms with Gasteiger partial charge in [0.1, 0.15) is 0 Å². The van der Waals surface area contributed by atoms with Crippen molar-refractivity contribution in [1.29, 1.82) is 0 Å². The molecule has 0 aliphatic carbocycles. The maximum Gasteiger partial charge on any atom is 0.0901 e. The van der Waals surface area contributed by atoms with Gasteiger partial charge in [-0.3, -0.25) is 4.90 Å². The van der Waals surface area contributed by atoms with Crippen LogP contribution in [0.3, 0.4) is 0 Å². The number of aliphatic hydroxyl groups excluding tert-OH is 1. The number of β-amino-alcohol motifs (C(OH)–C–C–N with tert-alkyl or cyclic N) is 1. The van der Waals surface area contributed by atoms with E-state index in [4.69, 9.17) is 4.74 Å². The molecule has 0 saturated carbocycles. The molecule has 3 rings (SSSR count). The predicted octanol–water partition coefficient (Wildman–Crippen LogP) is 1.90. The highest BCUT2D eigenvalue weighted by Crippen LogP contribution is 2.21. The number of aromatic nitrogens is 1. The van der Waals surface area contributed by atoms with Crippen molar-refractivity contribution in [2.45, 2.75) is 19.6 Å². The van der Waals surface area contributed by atoms with Gasteiger partial charge in [-0.2, -0.15) is 0 Å². The standard InChI is InChI=1S/C18H25N3O2S/c1-14-20-18(13-24-14)16-4-2-15(3-5-16)10-19-11-17(22)12-21-6-8-23-9-7-21/h2-5,13,17,19,22H,6-12H2,1H3/t17-/m1/s1. The Morgan fingerprint density at radius 3 is 2.71 bits per heavy atom. The van der Waals surface area contributed by atoms with Crippen LogP contribution in [0.5, 0.6) is 0 Å². The summed E-state index contributed by atoms with van der Waals surface area (Å²) in [6, 6.07) is 8.45. The molecule has 1 aromatic carbocycles. The molecule has 2 N–H and O–H groups in total. The quantitative estimate of drug-likeness (QED) is 0.801. The van der Waals surface area contributed by atoms with Crippen LogP contribution in [0, 0.1) is 6.92 Å². The largest absolute Gasteiger partial charge is 0.390 e. The maximum atomic E-state index is 10.1. The highest BCUT2D eigenvalue weighted by molar-refractivity contribution is 7.09. The van der Waals surface area contributed by atoms with E-state index >= 15 is 0 Å². The zero-order valence-electron chi connectivity index (χ0n) is 14.1. The number of nitrogens with zero attached hydrogens (tertiary/aromatic N) is 2. The molecular formula is C18H25N3O2S. The number of benzene rings is 1. The zero-order valence-corrected chi connectivity index (χ0v) is 14.9. The van der Waals surface area contributed by atoms with Crippen molar-refractivity contribution in [2.75, 3.05) is 39.4 Å². The first-order chi connectivity index (χ1) is 11.7. The summed E-state index contributed by atoms with van der Waals surface area (Å²) in [5.74, 6) is 0. The van der Waals surface area contributed by atoms with Gasteiger partial charge >= 0.3 is 0 Å². The minimum atomic E-state index is -0.347. The predicted molar refractivity (Wildman–Crippen MR) is 97.3 cm³/mol. The van der Waals surface area contributed by atoms with Gasteiger partial charge in [-0.1, -0.05) is 24.3 Å². The fourth-order valence-electron chi connectivity index (χ4n) is 2.82. The molecule has 0 unspecified atom stereocenters. The van der Waals surface area contributed by atoms with Gasteiger partial charge in [0.25, 0.3) is 0 Å². The Morgan fingerprint density at radius 1 is 1.29 bits per heavy atom. The fourth-order valence-corrected chi connectivity index (χ4v) is 3.44. The summed E-state index contributed by atoms with van der Waals surface area (Å²) < 4.78 is 5.32. The first kappa shape index (κ1) is 17.5. The molecule has 0 radical (unpaired) electrons. The summed E-state index contributed by atoms with van der Waals surface area (Å²) in [7, 11) is 0. The minimum Gasteiger partial charge on any atom is -0.390 e. The third-order valence-electron chi connectivity index (χ3n) is 4.15. The summed E-state index contributed by atoms with van der Waals surface area (Å²) in [6.45, 7) is 7.45. The van der Waals surface area contributed by atoms with Crippen LogP contribution in [-0.4, -0.2) is 60.5 Å². The van der Waals surface area contributed by atoms with E-state index in [1.165, 1.54) is 5.56 Å². The average Bonchev–Trinajstić information content (AvgIpc) is 3.03. The normalized spacial score (nSPS) is 17.1.